The number of Topliss-reactive ketones (excluding diaryl/α,β-unsaturated/α-hetero) is 1. The maximum Gasteiger partial charge on any atom is 1.00 e. The molecule has 1 saturated heterocycles. The molecule has 7 heteroatoms. The SMILES string of the molecule is O=C1CCC(CC2CCc3[c-]c(F)c(I)cc3C2=O)C(=O)N1.[Li+]. The van der Waals surface area contributed by atoms with Crippen LogP contribution in [-0.4, -0.2) is 17.6 Å². The second kappa shape index (κ2) is 7.45. The van der Waals surface area contributed by atoms with Crippen molar-refractivity contribution in [2.24, 2.45) is 11.8 Å². The first-order valence-electron chi connectivity index (χ1n) is 7.24. The van der Waals surface area contributed by atoms with Crippen molar-refractivity contribution in [2.45, 2.75) is 32.1 Å². The van der Waals surface area contributed by atoms with Crippen LogP contribution in [0.1, 0.15) is 41.6 Å². The molecule has 2 unspecified atom stereocenters. The summed E-state index contributed by atoms with van der Waals surface area (Å²) in [5.41, 5.74) is 1.15. The first-order valence-corrected chi connectivity index (χ1v) is 8.31. The van der Waals surface area contributed by atoms with Gasteiger partial charge in [0.2, 0.25) is 11.8 Å². The molecule has 23 heavy (non-hydrogen) atoms. The number of hydrogen-bond donors (Lipinski definition) is 1. The number of halogens is 2. The van der Waals surface area contributed by atoms with Crippen molar-refractivity contribution in [3.8, 4) is 0 Å². The van der Waals surface area contributed by atoms with E-state index in [2.05, 4.69) is 11.4 Å². The van der Waals surface area contributed by atoms with E-state index >= 15 is 0 Å². The van der Waals surface area contributed by atoms with E-state index in [9.17, 15) is 18.8 Å². The molecule has 4 nitrogen and oxygen atoms in total. The standard InChI is InChI=1S/C16H14FINO3.Li/c17-12-6-8-1-2-9(15(21)11(8)7-13(12)18)5-10-3-4-14(20)19-16(10)22;/h7,9-10H,1-5H2,(H,19,20,22);/q-1;+1. The minimum atomic E-state index is -0.421. The number of fused-ring (bicyclic) bond motifs is 1. The molecule has 0 aromatic heterocycles. The van der Waals surface area contributed by atoms with Crippen molar-refractivity contribution >= 4 is 40.2 Å². The van der Waals surface area contributed by atoms with E-state index in [1.54, 1.807) is 6.07 Å². The van der Waals surface area contributed by atoms with Crippen LogP contribution in [-0.2, 0) is 16.0 Å². The number of benzene rings is 1. The fraction of sp³-hybridized carbons (Fsp3) is 0.438. The van der Waals surface area contributed by atoms with Crippen molar-refractivity contribution in [2.75, 3.05) is 0 Å². The fourth-order valence-corrected chi connectivity index (χ4v) is 3.60. The molecular weight excluding hydrogens is 407 g/mol. The smallest absolute Gasteiger partial charge is 0.308 e. The molecule has 0 radical (unpaired) electrons. The van der Waals surface area contributed by atoms with Crippen LogP contribution in [0.5, 0.6) is 0 Å². The molecule has 116 valence electrons. The first kappa shape index (κ1) is 18.6. The Kier molecular flexibility index (Phi) is 6.03. The number of piperidine rings is 1. The number of amides is 2. The third-order valence-corrected chi connectivity index (χ3v) is 5.15. The zero-order valence-corrected chi connectivity index (χ0v) is 14.9. The van der Waals surface area contributed by atoms with E-state index in [1.165, 1.54) is 0 Å². The van der Waals surface area contributed by atoms with Crippen LogP contribution in [0.25, 0.3) is 0 Å². The Labute approximate surface area is 159 Å². The van der Waals surface area contributed by atoms with Crippen LogP contribution in [0.4, 0.5) is 4.39 Å². The molecule has 0 bridgehead atoms. The topological polar surface area (TPSA) is 63.2 Å². The number of carbonyl (C=O) groups excluding carboxylic acids is 3. The van der Waals surface area contributed by atoms with E-state index in [4.69, 9.17) is 0 Å². The average Bonchev–Trinajstić information content (AvgIpc) is 2.47. The van der Waals surface area contributed by atoms with Gasteiger partial charge in [0.25, 0.3) is 0 Å². The second-order valence-corrected chi connectivity index (χ2v) is 6.97. The van der Waals surface area contributed by atoms with Gasteiger partial charge in [-0.05, 0) is 25.7 Å². The summed E-state index contributed by atoms with van der Waals surface area (Å²) >= 11 is 1.85. The summed E-state index contributed by atoms with van der Waals surface area (Å²) in [7, 11) is 0. The van der Waals surface area contributed by atoms with E-state index in [0.717, 1.165) is 0 Å². The minimum Gasteiger partial charge on any atom is -0.308 e. The molecule has 1 aliphatic heterocycles. The number of rotatable bonds is 2. The summed E-state index contributed by atoms with van der Waals surface area (Å²) in [5, 5.41) is 2.32. The Bertz CT molecular complexity index is 680. The Morgan fingerprint density at radius 2 is 1.91 bits per heavy atom. The minimum absolute atomic E-state index is 0. The van der Waals surface area contributed by atoms with Crippen molar-refractivity contribution in [1.29, 1.82) is 0 Å². The van der Waals surface area contributed by atoms with Crippen molar-refractivity contribution in [1.82, 2.24) is 5.32 Å². The Morgan fingerprint density at radius 1 is 1.22 bits per heavy atom. The van der Waals surface area contributed by atoms with Crippen LogP contribution in [0.3, 0.4) is 0 Å². The van der Waals surface area contributed by atoms with Gasteiger partial charge in [0, 0.05) is 24.1 Å². The van der Waals surface area contributed by atoms with E-state index in [0.29, 0.717) is 46.8 Å². The van der Waals surface area contributed by atoms with Crippen molar-refractivity contribution in [3.05, 3.63) is 32.6 Å². The van der Waals surface area contributed by atoms with Gasteiger partial charge in [0.15, 0.2) is 0 Å². The van der Waals surface area contributed by atoms with Gasteiger partial charge in [0.1, 0.15) is 5.78 Å². The monoisotopic (exact) mass is 421 g/mol. The summed E-state index contributed by atoms with van der Waals surface area (Å²) in [5.74, 6) is -1.53. The maximum absolute atomic E-state index is 13.5. The largest absolute Gasteiger partial charge is 1.00 e. The third kappa shape index (κ3) is 3.86. The average molecular weight is 421 g/mol. The van der Waals surface area contributed by atoms with Crippen LogP contribution in [0, 0.1) is 27.3 Å². The Balaban J connectivity index is 0.00000192. The van der Waals surface area contributed by atoms with Gasteiger partial charge in [-0.1, -0.05) is 9.13 Å². The number of ketones is 1. The number of imide groups is 1. The Hall–Kier alpha value is -0.713. The molecule has 2 atom stereocenters. The zero-order chi connectivity index (χ0) is 15.9. The van der Waals surface area contributed by atoms with Crippen molar-refractivity contribution < 1.29 is 37.6 Å². The molecule has 1 aromatic rings. The van der Waals surface area contributed by atoms with Gasteiger partial charge in [-0.15, -0.1) is 40.3 Å². The van der Waals surface area contributed by atoms with E-state index in [1.807, 2.05) is 22.6 Å². The molecule has 2 aliphatic rings. The van der Waals surface area contributed by atoms with Gasteiger partial charge < -0.3 is 4.79 Å². The fourth-order valence-electron chi connectivity index (χ4n) is 3.15. The molecule has 1 aromatic carbocycles. The van der Waals surface area contributed by atoms with Gasteiger partial charge in [-0.25, -0.2) is 4.39 Å². The molecule has 0 spiro atoms. The zero-order valence-electron chi connectivity index (χ0n) is 12.7. The van der Waals surface area contributed by atoms with E-state index < -0.39 is 5.82 Å². The molecule has 2 amide bonds. The van der Waals surface area contributed by atoms with Gasteiger partial charge in [-0.3, -0.25) is 14.9 Å². The number of carbonyl (C=O) groups is 3. The maximum atomic E-state index is 13.5. The molecule has 1 heterocycles. The number of hydrogen-bond acceptors (Lipinski definition) is 3. The predicted octanol–water partition coefficient (Wildman–Crippen LogP) is -0.578. The molecule has 0 saturated carbocycles. The molecule has 1 aliphatic carbocycles. The van der Waals surface area contributed by atoms with Crippen molar-refractivity contribution in [3.63, 3.8) is 0 Å². The number of aryl methyl sites for hydroxylation is 1. The molecule has 1 N–H and O–H groups in total. The molecule has 1 fully saturated rings. The van der Waals surface area contributed by atoms with Crippen LogP contribution >= 0.6 is 22.6 Å². The Morgan fingerprint density at radius 3 is 2.61 bits per heavy atom. The first-order chi connectivity index (χ1) is 10.5. The third-order valence-electron chi connectivity index (χ3n) is 4.37. The predicted molar refractivity (Wildman–Crippen MR) is 84.6 cm³/mol. The number of nitrogens with one attached hydrogen (secondary N) is 1. The summed E-state index contributed by atoms with van der Waals surface area (Å²) in [6, 6.07) is 4.22. The van der Waals surface area contributed by atoms with Crippen LogP contribution < -0.4 is 24.2 Å². The van der Waals surface area contributed by atoms with Gasteiger partial charge in [-0.2, -0.15) is 0 Å². The van der Waals surface area contributed by atoms with Gasteiger partial charge >= 0.3 is 18.9 Å². The summed E-state index contributed by atoms with van der Waals surface area (Å²) < 4.78 is 13.9. The summed E-state index contributed by atoms with van der Waals surface area (Å²) in [6.07, 6.45) is 2.46. The van der Waals surface area contributed by atoms with Crippen LogP contribution in [0.15, 0.2) is 6.07 Å². The van der Waals surface area contributed by atoms with Crippen LogP contribution in [0.2, 0.25) is 0 Å². The summed E-state index contributed by atoms with van der Waals surface area (Å²) in [4.78, 5) is 35.6. The molecule has 3 rings (SSSR count). The normalized spacial score (nSPS) is 23.8. The van der Waals surface area contributed by atoms with Gasteiger partial charge in [0.05, 0.1) is 0 Å². The molecular formula is C16H14FILiNO3. The van der Waals surface area contributed by atoms with E-state index in [-0.39, 0.29) is 48.3 Å². The summed E-state index contributed by atoms with van der Waals surface area (Å²) in [6.45, 7) is 0. The second-order valence-electron chi connectivity index (χ2n) is 5.81. The quantitative estimate of drug-likeness (QED) is 0.301.